The minimum absolute atomic E-state index is 0.0214. The molecule has 1 rings (SSSR count). The molecule has 0 heterocycles. The fraction of sp³-hybridized carbons (Fsp3) is 0.917. The first kappa shape index (κ1) is 11.5. The molecule has 0 bridgehead atoms. The predicted octanol–water partition coefficient (Wildman–Crippen LogP) is 3.16. The van der Waals surface area contributed by atoms with Gasteiger partial charge in [-0.25, -0.2) is 0 Å². The van der Waals surface area contributed by atoms with Crippen LogP contribution in [0.15, 0.2) is 0 Å². The Kier molecular flexibility index (Phi) is 3.97. The Hall–Kier alpha value is -0.530. The highest BCUT2D eigenvalue weighted by atomic mass is 16.5. The second kappa shape index (κ2) is 4.81. The van der Waals surface area contributed by atoms with Crippen molar-refractivity contribution in [1.82, 2.24) is 0 Å². The second-order valence-electron chi connectivity index (χ2n) is 4.60. The zero-order valence-electron chi connectivity index (χ0n) is 9.64. The van der Waals surface area contributed by atoms with Crippen LogP contribution in [0.3, 0.4) is 0 Å². The first-order valence-corrected chi connectivity index (χ1v) is 5.73. The smallest absolute Gasteiger partial charge is 0.311 e. The van der Waals surface area contributed by atoms with Crippen LogP contribution in [0.2, 0.25) is 0 Å². The molecule has 1 saturated carbocycles. The zero-order chi connectivity index (χ0) is 10.6. The highest BCUT2D eigenvalue weighted by Gasteiger charge is 2.40. The molecule has 1 atom stereocenters. The predicted molar refractivity (Wildman–Crippen MR) is 57.0 cm³/mol. The van der Waals surface area contributed by atoms with Gasteiger partial charge in [0.15, 0.2) is 0 Å². The number of carbonyl (C=O) groups is 1. The van der Waals surface area contributed by atoms with Crippen LogP contribution in [0.25, 0.3) is 0 Å². The highest BCUT2D eigenvalue weighted by Crippen LogP contribution is 2.41. The van der Waals surface area contributed by atoms with Gasteiger partial charge in [-0.1, -0.05) is 26.2 Å². The molecule has 0 aromatic heterocycles. The van der Waals surface area contributed by atoms with Crippen LogP contribution in [0.5, 0.6) is 0 Å². The second-order valence-corrected chi connectivity index (χ2v) is 4.60. The van der Waals surface area contributed by atoms with Gasteiger partial charge in [0.1, 0.15) is 0 Å². The van der Waals surface area contributed by atoms with Crippen molar-refractivity contribution in [2.45, 2.75) is 52.4 Å². The topological polar surface area (TPSA) is 26.3 Å². The van der Waals surface area contributed by atoms with Crippen molar-refractivity contribution in [3.8, 4) is 0 Å². The summed E-state index contributed by atoms with van der Waals surface area (Å²) in [5.41, 5.74) is -0.241. The number of rotatable bonds is 3. The maximum Gasteiger partial charge on any atom is 0.311 e. The Morgan fingerprint density at radius 2 is 1.93 bits per heavy atom. The molecular weight excluding hydrogens is 176 g/mol. The summed E-state index contributed by atoms with van der Waals surface area (Å²) in [5, 5.41) is 0. The van der Waals surface area contributed by atoms with Gasteiger partial charge in [0.05, 0.1) is 12.5 Å². The standard InChI is InChI=1S/C12H22O2/c1-4-12(2,11(13)14-3)10-8-6-5-7-9-10/h10H,4-9H2,1-3H3/t12-/m0/s1. The fourth-order valence-electron chi connectivity index (χ4n) is 2.57. The van der Waals surface area contributed by atoms with Crippen LogP contribution in [-0.4, -0.2) is 13.1 Å². The van der Waals surface area contributed by atoms with E-state index >= 15 is 0 Å². The van der Waals surface area contributed by atoms with Gasteiger partial charge in [0.25, 0.3) is 0 Å². The molecule has 0 amide bonds. The third kappa shape index (κ3) is 2.10. The molecule has 82 valence electrons. The lowest BCUT2D eigenvalue weighted by molar-refractivity contribution is -0.156. The summed E-state index contributed by atoms with van der Waals surface area (Å²) in [6, 6.07) is 0. The molecule has 0 aromatic rings. The normalized spacial score (nSPS) is 22.8. The van der Waals surface area contributed by atoms with Gasteiger partial charge in [0, 0.05) is 0 Å². The summed E-state index contributed by atoms with van der Waals surface area (Å²) >= 11 is 0. The summed E-state index contributed by atoms with van der Waals surface area (Å²) in [6.07, 6.45) is 7.16. The number of hydrogen-bond acceptors (Lipinski definition) is 2. The number of hydrogen-bond donors (Lipinski definition) is 0. The van der Waals surface area contributed by atoms with Crippen LogP contribution in [0.4, 0.5) is 0 Å². The van der Waals surface area contributed by atoms with E-state index in [2.05, 4.69) is 13.8 Å². The average Bonchev–Trinajstić information content (AvgIpc) is 2.28. The van der Waals surface area contributed by atoms with E-state index in [1.807, 2.05) is 0 Å². The third-order valence-electron chi connectivity index (χ3n) is 3.89. The van der Waals surface area contributed by atoms with Crippen molar-refractivity contribution < 1.29 is 9.53 Å². The van der Waals surface area contributed by atoms with E-state index < -0.39 is 0 Å². The Balaban J connectivity index is 2.71. The Bertz CT molecular complexity index is 194. The van der Waals surface area contributed by atoms with Crippen LogP contribution >= 0.6 is 0 Å². The van der Waals surface area contributed by atoms with Crippen molar-refractivity contribution in [3.63, 3.8) is 0 Å². The molecule has 0 aromatic carbocycles. The average molecular weight is 198 g/mol. The number of methoxy groups -OCH3 is 1. The van der Waals surface area contributed by atoms with Crippen LogP contribution < -0.4 is 0 Å². The lowest BCUT2D eigenvalue weighted by atomic mass is 9.68. The monoisotopic (exact) mass is 198 g/mol. The van der Waals surface area contributed by atoms with Gasteiger partial charge in [0.2, 0.25) is 0 Å². The van der Waals surface area contributed by atoms with E-state index in [-0.39, 0.29) is 11.4 Å². The molecule has 1 aliphatic carbocycles. The lowest BCUT2D eigenvalue weighted by Crippen LogP contribution is -2.37. The molecule has 1 fully saturated rings. The minimum Gasteiger partial charge on any atom is -0.469 e. The summed E-state index contributed by atoms with van der Waals surface area (Å²) in [5.74, 6) is 0.514. The zero-order valence-corrected chi connectivity index (χ0v) is 9.64. The SMILES string of the molecule is CC[C@](C)(C(=O)OC)C1CCCCC1. The van der Waals surface area contributed by atoms with E-state index in [1.165, 1.54) is 39.2 Å². The molecule has 0 spiro atoms. The molecule has 0 unspecified atom stereocenters. The lowest BCUT2D eigenvalue weighted by Gasteiger charge is -2.36. The van der Waals surface area contributed by atoms with Crippen molar-refractivity contribution in [2.24, 2.45) is 11.3 Å². The van der Waals surface area contributed by atoms with Gasteiger partial charge < -0.3 is 4.74 Å². The van der Waals surface area contributed by atoms with Gasteiger partial charge in [-0.15, -0.1) is 0 Å². The maximum atomic E-state index is 11.7. The fourth-order valence-corrected chi connectivity index (χ4v) is 2.57. The summed E-state index contributed by atoms with van der Waals surface area (Å²) in [7, 11) is 1.50. The number of carbonyl (C=O) groups excluding carboxylic acids is 1. The first-order chi connectivity index (χ1) is 6.65. The molecule has 14 heavy (non-hydrogen) atoms. The molecule has 2 heteroatoms. The number of esters is 1. The largest absolute Gasteiger partial charge is 0.469 e. The maximum absolute atomic E-state index is 11.7. The molecule has 2 nitrogen and oxygen atoms in total. The van der Waals surface area contributed by atoms with Gasteiger partial charge in [-0.2, -0.15) is 0 Å². The van der Waals surface area contributed by atoms with Crippen molar-refractivity contribution in [2.75, 3.05) is 7.11 Å². The Morgan fingerprint density at radius 3 is 2.36 bits per heavy atom. The van der Waals surface area contributed by atoms with E-state index in [0.717, 1.165) is 6.42 Å². The van der Waals surface area contributed by atoms with Crippen molar-refractivity contribution >= 4 is 5.97 Å². The molecule has 0 saturated heterocycles. The van der Waals surface area contributed by atoms with Gasteiger partial charge in [-0.3, -0.25) is 4.79 Å². The Morgan fingerprint density at radius 1 is 1.36 bits per heavy atom. The van der Waals surface area contributed by atoms with Crippen molar-refractivity contribution in [3.05, 3.63) is 0 Å². The van der Waals surface area contributed by atoms with E-state index in [1.54, 1.807) is 0 Å². The first-order valence-electron chi connectivity index (χ1n) is 5.73. The molecular formula is C12H22O2. The number of ether oxygens (including phenoxy) is 1. The molecule has 0 N–H and O–H groups in total. The summed E-state index contributed by atoms with van der Waals surface area (Å²) in [4.78, 5) is 11.7. The molecule has 0 aliphatic heterocycles. The van der Waals surface area contributed by atoms with Crippen LogP contribution in [-0.2, 0) is 9.53 Å². The molecule has 1 aliphatic rings. The highest BCUT2D eigenvalue weighted by molar-refractivity contribution is 5.76. The quantitative estimate of drug-likeness (QED) is 0.651. The minimum atomic E-state index is -0.241. The van der Waals surface area contributed by atoms with Crippen LogP contribution in [0.1, 0.15) is 52.4 Å². The van der Waals surface area contributed by atoms with E-state index in [9.17, 15) is 4.79 Å². The van der Waals surface area contributed by atoms with Crippen molar-refractivity contribution in [1.29, 1.82) is 0 Å². The van der Waals surface area contributed by atoms with E-state index in [0.29, 0.717) is 5.92 Å². The summed E-state index contributed by atoms with van der Waals surface area (Å²) in [6.45, 7) is 4.15. The third-order valence-corrected chi connectivity index (χ3v) is 3.89. The van der Waals surface area contributed by atoms with Gasteiger partial charge in [-0.05, 0) is 32.1 Å². The molecule has 0 radical (unpaired) electrons. The Labute approximate surface area is 87.0 Å². The summed E-state index contributed by atoms with van der Waals surface area (Å²) < 4.78 is 4.92. The van der Waals surface area contributed by atoms with E-state index in [4.69, 9.17) is 4.74 Å². The van der Waals surface area contributed by atoms with Crippen LogP contribution in [0, 0.1) is 11.3 Å². The van der Waals surface area contributed by atoms with Gasteiger partial charge >= 0.3 is 5.97 Å².